The minimum absolute atomic E-state index is 0.236. The van der Waals surface area contributed by atoms with Gasteiger partial charge in [0.2, 0.25) is 0 Å². The molecule has 9 heteroatoms. The van der Waals surface area contributed by atoms with Crippen LogP contribution >= 0.6 is 15.9 Å². The van der Waals surface area contributed by atoms with Crippen molar-refractivity contribution in [2.45, 2.75) is 6.17 Å². The van der Waals surface area contributed by atoms with Crippen LogP contribution in [0.15, 0.2) is 101 Å². The van der Waals surface area contributed by atoms with E-state index in [1.54, 1.807) is 60.6 Å². The fraction of sp³-hybridized carbons (Fsp3) is 0.138. The summed E-state index contributed by atoms with van der Waals surface area (Å²) in [5.74, 6) is -1.94. The third-order valence-corrected chi connectivity index (χ3v) is 6.60. The quantitative estimate of drug-likeness (QED) is 0.290. The normalized spacial score (nSPS) is 15.6. The number of carbonyl (C=O) groups excluding carboxylic acids is 3. The van der Waals surface area contributed by atoms with Gasteiger partial charge < -0.3 is 19.1 Å². The predicted octanol–water partition coefficient (Wildman–Crippen LogP) is 4.95. The van der Waals surface area contributed by atoms with Crippen molar-refractivity contribution in [3.63, 3.8) is 0 Å². The van der Waals surface area contributed by atoms with Crippen LogP contribution in [0.5, 0.6) is 5.75 Å². The molecule has 0 N–H and O–H groups in total. The molecule has 3 aromatic rings. The van der Waals surface area contributed by atoms with E-state index in [1.165, 1.54) is 12.0 Å². The Morgan fingerprint density at radius 2 is 1.45 bits per heavy atom. The number of anilines is 2. The summed E-state index contributed by atoms with van der Waals surface area (Å²) in [6.07, 6.45) is 2.75. The molecule has 1 unspecified atom stereocenters. The molecule has 0 bridgehead atoms. The fourth-order valence-corrected chi connectivity index (χ4v) is 4.63. The second-order valence-electron chi connectivity index (χ2n) is 8.08. The molecule has 194 valence electrons. The Balaban J connectivity index is 2.05. The first kappa shape index (κ1) is 26.7. The Kier molecular flexibility index (Phi) is 8.28. The lowest BCUT2D eigenvalue weighted by atomic mass is 10.0. The van der Waals surface area contributed by atoms with Crippen LogP contribution in [0.2, 0.25) is 0 Å². The van der Waals surface area contributed by atoms with E-state index < -0.39 is 29.6 Å². The molecular formula is C29H25BrN2O6. The maximum absolute atomic E-state index is 14.1. The number of methoxy groups -OCH3 is 3. The Bertz CT molecular complexity index is 1400. The van der Waals surface area contributed by atoms with E-state index in [9.17, 15) is 14.4 Å². The van der Waals surface area contributed by atoms with E-state index in [2.05, 4.69) is 15.9 Å². The molecule has 1 heterocycles. The lowest BCUT2D eigenvalue weighted by Gasteiger charge is -2.44. The standard InChI is InChI=1S/C29H25BrN2O6/c1-36-21-16-14-20(15-17-21)31-24(18-13-19-9-5-4-6-10-19)32(23-12-8-7-11-22(23)30)27(33)25(28(34)37-2)26(31)29(35)38-3/h4-18,24H,1-3H3/b18-13+. The number of carbonyl (C=O) groups is 3. The van der Waals surface area contributed by atoms with Gasteiger partial charge in [-0.3, -0.25) is 9.69 Å². The minimum atomic E-state index is -0.962. The zero-order valence-electron chi connectivity index (χ0n) is 21.0. The van der Waals surface area contributed by atoms with Gasteiger partial charge in [-0.15, -0.1) is 0 Å². The molecule has 38 heavy (non-hydrogen) atoms. The fourth-order valence-electron chi connectivity index (χ4n) is 4.15. The molecule has 1 atom stereocenters. The number of benzene rings is 3. The Morgan fingerprint density at radius 3 is 2.05 bits per heavy atom. The largest absolute Gasteiger partial charge is 0.497 e. The van der Waals surface area contributed by atoms with Gasteiger partial charge in [-0.25, -0.2) is 9.59 Å². The number of esters is 2. The van der Waals surface area contributed by atoms with E-state index in [0.29, 0.717) is 21.6 Å². The molecule has 0 radical (unpaired) electrons. The highest BCUT2D eigenvalue weighted by atomic mass is 79.9. The molecule has 4 rings (SSSR count). The summed E-state index contributed by atoms with van der Waals surface area (Å²) < 4.78 is 15.9. The first-order valence-electron chi connectivity index (χ1n) is 11.6. The first-order valence-corrected chi connectivity index (χ1v) is 12.4. The Labute approximate surface area is 228 Å². The smallest absolute Gasteiger partial charge is 0.355 e. The van der Waals surface area contributed by atoms with Crippen molar-refractivity contribution in [2.24, 2.45) is 0 Å². The van der Waals surface area contributed by atoms with Crippen LogP contribution in [-0.4, -0.2) is 45.3 Å². The third kappa shape index (κ3) is 5.19. The number of hydrogen-bond donors (Lipinski definition) is 0. The molecule has 0 saturated heterocycles. The SMILES string of the molecule is COC(=O)C1=C(C(=O)OC)N(c2ccc(OC)cc2)C(/C=C/c2ccccc2)N(c2ccccc2Br)C1=O. The topological polar surface area (TPSA) is 85.4 Å². The molecule has 1 aliphatic heterocycles. The van der Waals surface area contributed by atoms with Crippen LogP contribution in [0.25, 0.3) is 6.08 Å². The van der Waals surface area contributed by atoms with Gasteiger partial charge in [-0.05, 0) is 64.0 Å². The first-order chi connectivity index (χ1) is 18.4. The van der Waals surface area contributed by atoms with Crippen molar-refractivity contribution in [2.75, 3.05) is 31.1 Å². The third-order valence-electron chi connectivity index (χ3n) is 5.93. The summed E-state index contributed by atoms with van der Waals surface area (Å²) in [4.78, 5) is 43.3. The lowest BCUT2D eigenvalue weighted by molar-refractivity contribution is -0.141. The van der Waals surface area contributed by atoms with Gasteiger partial charge in [0.25, 0.3) is 5.91 Å². The molecule has 0 saturated carbocycles. The number of ether oxygens (including phenoxy) is 3. The molecular weight excluding hydrogens is 552 g/mol. The van der Waals surface area contributed by atoms with Crippen molar-refractivity contribution in [1.29, 1.82) is 0 Å². The second kappa shape index (κ2) is 11.8. The molecule has 0 spiro atoms. The molecule has 1 amide bonds. The molecule has 0 fully saturated rings. The number of hydrogen-bond acceptors (Lipinski definition) is 7. The van der Waals surface area contributed by atoms with Crippen molar-refractivity contribution in [3.05, 3.63) is 106 Å². The van der Waals surface area contributed by atoms with Crippen LogP contribution in [0.1, 0.15) is 5.56 Å². The van der Waals surface area contributed by atoms with E-state index in [1.807, 2.05) is 42.5 Å². The number of halogens is 1. The van der Waals surface area contributed by atoms with E-state index >= 15 is 0 Å². The summed E-state index contributed by atoms with van der Waals surface area (Å²) in [7, 11) is 3.89. The highest BCUT2D eigenvalue weighted by molar-refractivity contribution is 9.10. The summed E-state index contributed by atoms with van der Waals surface area (Å²) >= 11 is 3.53. The van der Waals surface area contributed by atoms with Crippen LogP contribution < -0.4 is 14.5 Å². The van der Waals surface area contributed by atoms with Crippen molar-refractivity contribution < 1.29 is 28.6 Å². The monoisotopic (exact) mass is 576 g/mol. The lowest BCUT2D eigenvalue weighted by Crippen LogP contribution is -2.58. The predicted molar refractivity (Wildman–Crippen MR) is 147 cm³/mol. The van der Waals surface area contributed by atoms with Gasteiger partial charge in [0.1, 0.15) is 17.6 Å². The summed E-state index contributed by atoms with van der Waals surface area (Å²) in [5, 5.41) is 0. The average molecular weight is 577 g/mol. The number of amides is 1. The Morgan fingerprint density at radius 1 is 0.816 bits per heavy atom. The zero-order valence-corrected chi connectivity index (χ0v) is 22.5. The zero-order chi connectivity index (χ0) is 27.2. The van der Waals surface area contributed by atoms with Gasteiger partial charge in [0.15, 0.2) is 5.57 Å². The Hall–Kier alpha value is -4.37. The van der Waals surface area contributed by atoms with Gasteiger partial charge in [0.05, 0.1) is 27.0 Å². The van der Waals surface area contributed by atoms with Gasteiger partial charge in [0, 0.05) is 10.2 Å². The van der Waals surface area contributed by atoms with Gasteiger partial charge >= 0.3 is 11.9 Å². The second-order valence-corrected chi connectivity index (χ2v) is 8.94. The number of nitrogens with zero attached hydrogens (tertiary/aromatic N) is 2. The van der Waals surface area contributed by atoms with Crippen molar-refractivity contribution in [3.8, 4) is 5.75 Å². The molecule has 1 aliphatic rings. The van der Waals surface area contributed by atoms with Crippen LogP contribution in [0.3, 0.4) is 0 Å². The number of para-hydroxylation sites is 1. The van der Waals surface area contributed by atoms with E-state index in [-0.39, 0.29) is 5.70 Å². The summed E-state index contributed by atoms with van der Waals surface area (Å²) in [6.45, 7) is 0. The van der Waals surface area contributed by atoms with Gasteiger partial charge in [-0.1, -0.05) is 48.5 Å². The van der Waals surface area contributed by atoms with Crippen LogP contribution in [0, 0.1) is 0 Å². The summed E-state index contributed by atoms with van der Waals surface area (Å²) in [5.41, 5.74) is 1.20. The number of rotatable bonds is 7. The highest BCUT2D eigenvalue weighted by Crippen LogP contribution is 2.39. The summed E-state index contributed by atoms with van der Waals surface area (Å²) in [6, 6.07) is 23.6. The highest BCUT2D eigenvalue weighted by Gasteiger charge is 2.46. The van der Waals surface area contributed by atoms with E-state index in [4.69, 9.17) is 14.2 Å². The van der Waals surface area contributed by atoms with Gasteiger partial charge in [-0.2, -0.15) is 0 Å². The van der Waals surface area contributed by atoms with E-state index in [0.717, 1.165) is 12.7 Å². The minimum Gasteiger partial charge on any atom is -0.497 e. The average Bonchev–Trinajstić information content (AvgIpc) is 2.96. The molecule has 0 aliphatic carbocycles. The molecule has 0 aromatic heterocycles. The maximum atomic E-state index is 14.1. The van der Waals surface area contributed by atoms with Crippen molar-refractivity contribution in [1.82, 2.24) is 0 Å². The molecule has 3 aromatic carbocycles. The van der Waals surface area contributed by atoms with Crippen LogP contribution in [0.4, 0.5) is 11.4 Å². The maximum Gasteiger partial charge on any atom is 0.355 e. The van der Waals surface area contributed by atoms with Crippen molar-refractivity contribution >= 4 is 51.2 Å². The molecule has 8 nitrogen and oxygen atoms in total. The van der Waals surface area contributed by atoms with Crippen LogP contribution in [-0.2, 0) is 23.9 Å².